The van der Waals surface area contributed by atoms with Gasteiger partial charge in [0.05, 0.1) is 15.9 Å². The molecule has 0 atom stereocenters. The molecule has 0 saturated heterocycles. The lowest BCUT2D eigenvalue weighted by Gasteiger charge is -2.06. The van der Waals surface area contributed by atoms with Gasteiger partial charge in [-0.3, -0.25) is 10.1 Å². The van der Waals surface area contributed by atoms with E-state index >= 15 is 0 Å². The highest BCUT2D eigenvalue weighted by Crippen LogP contribution is 2.26. The van der Waals surface area contributed by atoms with E-state index in [2.05, 4.69) is 10.3 Å². The van der Waals surface area contributed by atoms with Crippen LogP contribution in [0.1, 0.15) is 16.6 Å². The summed E-state index contributed by atoms with van der Waals surface area (Å²) in [5.41, 5.74) is 1.92. The minimum Gasteiger partial charge on any atom is -0.310 e. The number of thiophene rings is 1. The van der Waals surface area contributed by atoms with Gasteiger partial charge in [-0.15, -0.1) is 11.3 Å². The first-order chi connectivity index (χ1) is 11.3. The molecule has 2 heterocycles. The highest BCUT2D eigenvalue weighted by molar-refractivity contribution is 7.20. The number of rotatable bonds is 3. The molecule has 0 fully saturated rings. The molecule has 2 aromatic carbocycles. The molecular weight excluding hydrogens is 306 g/mol. The van der Waals surface area contributed by atoms with Crippen molar-refractivity contribution in [2.24, 2.45) is 0 Å². The van der Waals surface area contributed by atoms with E-state index in [1.54, 1.807) is 0 Å². The van der Waals surface area contributed by atoms with Gasteiger partial charge in [0.25, 0.3) is 5.91 Å². The number of benzene rings is 2. The molecule has 0 spiro atoms. The van der Waals surface area contributed by atoms with E-state index in [-0.39, 0.29) is 5.91 Å². The predicted molar refractivity (Wildman–Crippen MR) is 95.2 cm³/mol. The second-order valence-electron chi connectivity index (χ2n) is 5.27. The summed E-state index contributed by atoms with van der Waals surface area (Å²) in [6.45, 7) is 2.80. The molecule has 0 aliphatic carbocycles. The van der Waals surface area contributed by atoms with Crippen molar-refractivity contribution in [1.82, 2.24) is 9.55 Å². The summed E-state index contributed by atoms with van der Waals surface area (Å²) in [4.78, 5) is 17.8. The number of nitrogens with zero attached hydrogens (tertiary/aromatic N) is 2. The maximum atomic E-state index is 12.6. The lowest BCUT2D eigenvalue weighted by Crippen LogP contribution is -2.14. The van der Waals surface area contributed by atoms with E-state index < -0.39 is 0 Å². The Hall–Kier alpha value is -2.66. The van der Waals surface area contributed by atoms with Gasteiger partial charge < -0.3 is 4.57 Å². The minimum atomic E-state index is -0.115. The van der Waals surface area contributed by atoms with Gasteiger partial charge in [0.15, 0.2) is 0 Å². The quantitative estimate of drug-likeness (QED) is 0.603. The third-order valence-electron chi connectivity index (χ3n) is 3.85. The van der Waals surface area contributed by atoms with Crippen LogP contribution in [0.5, 0.6) is 0 Å². The van der Waals surface area contributed by atoms with Crippen molar-refractivity contribution in [2.45, 2.75) is 13.5 Å². The summed E-state index contributed by atoms with van der Waals surface area (Å²) in [6.07, 6.45) is 0. The monoisotopic (exact) mass is 321 g/mol. The Bertz CT molecular complexity index is 982. The molecule has 2 aromatic heterocycles. The van der Waals surface area contributed by atoms with Crippen LogP contribution < -0.4 is 5.32 Å². The summed E-state index contributed by atoms with van der Waals surface area (Å²) < 4.78 is 3.13. The summed E-state index contributed by atoms with van der Waals surface area (Å²) in [5.74, 6) is 0.479. The second kappa shape index (κ2) is 5.52. The van der Waals surface area contributed by atoms with Crippen molar-refractivity contribution < 1.29 is 4.79 Å². The number of carbonyl (C=O) groups excluding carboxylic acids is 1. The van der Waals surface area contributed by atoms with E-state index in [1.807, 2.05) is 66.1 Å². The van der Waals surface area contributed by atoms with Crippen LogP contribution >= 0.6 is 11.3 Å². The molecule has 0 aliphatic heterocycles. The van der Waals surface area contributed by atoms with Gasteiger partial charge in [0, 0.05) is 11.2 Å². The second-order valence-corrected chi connectivity index (χ2v) is 6.35. The van der Waals surface area contributed by atoms with Crippen molar-refractivity contribution >= 4 is 44.3 Å². The molecule has 1 amide bonds. The SMILES string of the molecule is CCn1c(NC(=O)c2cc3ccccc3s2)nc2ccccc21. The van der Waals surface area contributed by atoms with Crippen LogP contribution in [0.3, 0.4) is 0 Å². The molecule has 23 heavy (non-hydrogen) atoms. The number of anilines is 1. The number of hydrogen-bond acceptors (Lipinski definition) is 3. The van der Waals surface area contributed by atoms with Gasteiger partial charge in [-0.05, 0) is 36.6 Å². The van der Waals surface area contributed by atoms with Crippen molar-refractivity contribution in [3.8, 4) is 0 Å². The standard InChI is InChI=1S/C18H15N3OS/c1-2-21-14-9-5-4-8-13(14)19-18(21)20-17(22)16-11-12-7-3-6-10-15(12)23-16/h3-11H,2H2,1H3,(H,19,20,22). The van der Waals surface area contributed by atoms with Crippen LogP contribution in [0.15, 0.2) is 54.6 Å². The van der Waals surface area contributed by atoms with Crippen LogP contribution in [0.2, 0.25) is 0 Å². The molecule has 114 valence electrons. The maximum Gasteiger partial charge on any atom is 0.268 e. The summed E-state index contributed by atoms with van der Waals surface area (Å²) >= 11 is 1.50. The molecule has 4 rings (SSSR count). The Kier molecular flexibility index (Phi) is 3.35. The van der Waals surface area contributed by atoms with E-state index in [0.717, 1.165) is 27.7 Å². The van der Waals surface area contributed by atoms with Crippen LogP contribution in [-0.4, -0.2) is 15.5 Å². The van der Waals surface area contributed by atoms with Crippen molar-refractivity contribution in [2.75, 3.05) is 5.32 Å². The van der Waals surface area contributed by atoms with E-state index in [9.17, 15) is 4.79 Å². The fraction of sp³-hybridized carbons (Fsp3) is 0.111. The summed E-state index contributed by atoms with van der Waals surface area (Å²) in [7, 11) is 0. The first-order valence-electron chi connectivity index (χ1n) is 7.51. The van der Waals surface area contributed by atoms with Crippen LogP contribution in [-0.2, 0) is 6.54 Å². The van der Waals surface area contributed by atoms with Gasteiger partial charge >= 0.3 is 0 Å². The number of para-hydroxylation sites is 2. The number of amides is 1. The zero-order chi connectivity index (χ0) is 15.8. The zero-order valence-corrected chi connectivity index (χ0v) is 13.4. The lowest BCUT2D eigenvalue weighted by molar-refractivity contribution is 0.102. The zero-order valence-electron chi connectivity index (χ0n) is 12.6. The number of fused-ring (bicyclic) bond motifs is 2. The number of imidazole rings is 1. The molecule has 5 heteroatoms. The average Bonchev–Trinajstić information content (AvgIpc) is 3.15. The molecule has 0 aliphatic rings. The Labute approximate surface area is 137 Å². The fourth-order valence-electron chi connectivity index (χ4n) is 2.75. The topological polar surface area (TPSA) is 46.9 Å². The van der Waals surface area contributed by atoms with Gasteiger partial charge in [-0.25, -0.2) is 4.98 Å². The highest BCUT2D eigenvalue weighted by Gasteiger charge is 2.15. The summed E-state index contributed by atoms with van der Waals surface area (Å²) in [6, 6.07) is 17.8. The van der Waals surface area contributed by atoms with E-state index in [1.165, 1.54) is 11.3 Å². The summed E-state index contributed by atoms with van der Waals surface area (Å²) in [5, 5.41) is 4.04. The largest absolute Gasteiger partial charge is 0.310 e. The normalized spacial score (nSPS) is 11.2. The van der Waals surface area contributed by atoms with Crippen molar-refractivity contribution in [1.29, 1.82) is 0 Å². The number of nitrogens with one attached hydrogen (secondary N) is 1. The van der Waals surface area contributed by atoms with Crippen LogP contribution in [0.4, 0.5) is 5.95 Å². The first-order valence-corrected chi connectivity index (χ1v) is 8.33. The highest BCUT2D eigenvalue weighted by atomic mass is 32.1. The number of aryl methyl sites for hydroxylation is 1. The first kappa shape index (κ1) is 14.0. The Morgan fingerprint density at radius 3 is 2.78 bits per heavy atom. The van der Waals surface area contributed by atoms with E-state index in [0.29, 0.717) is 10.8 Å². The molecule has 0 unspecified atom stereocenters. The molecule has 4 nitrogen and oxygen atoms in total. The van der Waals surface area contributed by atoms with Gasteiger partial charge in [-0.2, -0.15) is 0 Å². The van der Waals surface area contributed by atoms with Gasteiger partial charge in [0.2, 0.25) is 5.95 Å². The Balaban J connectivity index is 1.71. The Morgan fingerprint density at radius 2 is 1.96 bits per heavy atom. The van der Waals surface area contributed by atoms with Crippen LogP contribution in [0, 0.1) is 0 Å². The fourth-order valence-corrected chi connectivity index (χ4v) is 3.71. The van der Waals surface area contributed by atoms with E-state index in [4.69, 9.17) is 0 Å². The third kappa shape index (κ3) is 2.39. The van der Waals surface area contributed by atoms with Crippen molar-refractivity contribution in [3.05, 3.63) is 59.5 Å². The number of hydrogen-bond donors (Lipinski definition) is 1. The molecule has 0 radical (unpaired) electrons. The van der Waals surface area contributed by atoms with Gasteiger partial charge in [-0.1, -0.05) is 30.3 Å². The third-order valence-corrected chi connectivity index (χ3v) is 4.96. The smallest absolute Gasteiger partial charge is 0.268 e. The molecular formula is C18H15N3OS. The number of aromatic nitrogens is 2. The predicted octanol–water partition coefficient (Wildman–Crippen LogP) is 4.52. The van der Waals surface area contributed by atoms with Crippen LogP contribution in [0.25, 0.3) is 21.1 Å². The average molecular weight is 321 g/mol. The maximum absolute atomic E-state index is 12.6. The molecule has 0 bridgehead atoms. The molecule has 0 saturated carbocycles. The molecule has 4 aromatic rings. The lowest BCUT2D eigenvalue weighted by atomic mass is 10.2. The minimum absolute atomic E-state index is 0.115. The number of carbonyl (C=O) groups is 1. The Morgan fingerprint density at radius 1 is 1.17 bits per heavy atom. The molecule has 1 N–H and O–H groups in total. The van der Waals surface area contributed by atoms with Crippen molar-refractivity contribution in [3.63, 3.8) is 0 Å². The van der Waals surface area contributed by atoms with Gasteiger partial charge in [0.1, 0.15) is 0 Å².